The maximum atomic E-state index is 13.0. The van der Waals surface area contributed by atoms with E-state index in [-0.39, 0.29) is 23.9 Å². The Kier molecular flexibility index (Phi) is 5.83. The first-order valence-corrected chi connectivity index (χ1v) is 8.85. The molecule has 0 saturated carbocycles. The van der Waals surface area contributed by atoms with Crippen LogP contribution in [0.4, 0.5) is 10.1 Å². The zero-order valence-corrected chi connectivity index (χ0v) is 13.6. The van der Waals surface area contributed by atoms with Crippen molar-refractivity contribution in [3.63, 3.8) is 0 Å². The van der Waals surface area contributed by atoms with E-state index in [1.807, 2.05) is 0 Å². The molecule has 0 aromatic heterocycles. The molecule has 0 bridgehead atoms. The molecule has 126 valence electrons. The number of amides is 1. The Balaban J connectivity index is 1.94. The summed E-state index contributed by atoms with van der Waals surface area (Å²) in [5.41, 5.74) is 1.64. The van der Waals surface area contributed by atoms with E-state index in [4.69, 9.17) is 5.14 Å². The largest absolute Gasteiger partial charge is 0.326 e. The predicted octanol–water partition coefficient (Wildman–Crippen LogP) is 2.66. The second-order valence-corrected chi connectivity index (χ2v) is 6.83. The zero-order chi connectivity index (χ0) is 17.6. The second-order valence-electron chi connectivity index (χ2n) is 5.22. The number of nitrogens with two attached hydrogens (primary N) is 1. The van der Waals surface area contributed by atoms with E-state index < -0.39 is 10.0 Å². The molecular weight excluding hydrogens is 331 g/mol. The quantitative estimate of drug-likeness (QED) is 0.841. The summed E-state index contributed by atoms with van der Waals surface area (Å²) in [5.74, 6) is -0.903. The summed E-state index contributed by atoms with van der Waals surface area (Å²) in [6.07, 6.45) is 3.38. The van der Waals surface area contributed by atoms with E-state index in [2.05, 4.69) is 5.32 Å². The van der Waals surface area contributed by atoms with Crippen LogP contribution in [0.1, 0.15) is 17.5 Å². The number of halogens is 1. The van der Waals surface area contributed by atoms with Crippen LogP contribution in [-0.2, 0) is 20.6 Å². The number of anilines is 1. The van der Waals surface area contributed by atoms with Crippen molar-refractivity contribution < 1.29 is 17.6 Å². The molecule has 5 nitrogen and oxygen atoms in total. The van der Waals surface area contributed by atoms with Gasteiger partial charge in [-0.25, -0.2) is 17.9 Å². The number of primary sulfonamides is 1. The summed E-state index contributed by atoms with van der Waals surface area (Å²) in [5, 5.41) is 7.67. The smallest absolute Gasteiger partial charge is 0.228 e. The van der Waals surface area contributed by atoms with Gasteiger partial charge in [0.1, 0.15) is 5.82 Å². The molecule has 0 fully saturated rings. The van der Waals surface area contributed by atoms with Gasteiger partial charge in [0.2, 0.25) is 15.9 Å². The lowest BCUT2D eigenvalue weighted by molar-refractivity contribution is -0.115. The average molecular weight is 348 g/mol. The van der Waals surface area contributed by atoms with Gasteiger partial charge in [0.05, 0.1) is 5.75 Å². The highest BCUT2D eigenvalue weighted by molar-refractivity contribution is 7.88. The Hall–Kier alpha value is -2.51. The van der Waals surface area contributed by atoms with E-state index in [0.717, 1.165) is 0 Å². The van der Waals surface area contributed by atoms with Crippen molar-refractivity contribution in [1.29, 1.82) is 0 Å². The topological polar surface area (TPSA) is 89.3 Å². The number of benzene rings is 2. The van der Waals surface area contributed by atoms with E-state index in [1.165, 1.54) is 12.1 Å². The predicted molar refractivity (Wildman–Crippen MR) is 91.9 cm³/mol. The third kappa shape index (κ3) is 6.31. The van der Waals surface area contributed by atoms with Crippen LogP contribution in [0.15, 0.2) is 54.6 Å². The van der Waals surface area contributed by atoms with Gasteiger partial charge in [0, 0.05) is 12.1 Å². The fourth-order valence-electron chi connectivity index (χ4n) is 2.10. The van der Waals surface area contributed by atoms with Gasteiger partial charge >= 0.3 is 0 Å². The lowest BCUT2D eigenvalue weighted by Crippen LogP contribution is -2.15. The lowest BCUT2D eigenvalue weighted by Gasteiger charge is -2.06. The molecule has 0 heterocycles. The van der Waals surface area contributed by atoms with Crippen molar-refractivity contribution in [1.82, 2.24) is 0 Å². The number of hydrogen-bond acceptors (Lipinski definition) is 3. The summed E-state index contributed by atoms with van der Waals surface area (Å²) in [7, 11) is -3.63. The Morgan fingerprint density at radius 1 is 1.17 bits per heavy atom. The van der Waals surface area contributed by atoms with Crippen molar-refractivity contribution in [2.75, 3.05) is 5.32 Å². The first-order chi connectivity index (χ1) is 11.3. The van der Waals surface area contributed by atoms with Crippen LogP contribution >= 0.6 is 0 Å². The minimum absolute atomic E-state index is 0.107. The normalized spacial score (nSPS) is 11.6. The third-order valence-electron chi connectivity index (χ3n) is 3.04. The highest BCUT2D eigenvalue weighted by Crippen LogP contribution is 2.13. The minimum Gasteiger partial charge on any atom is -0.326 e. The number of nitrogens with one attached hydrogen (secondary N) is 1. The fourth-order valence-corrected chi connectivity index (χ4v) is 2.74. The van der Waals surface area contributed by atoms with Crippen LogP contribution in [0, 0.1) is 5.82 Å². The molecule has 0 radical (unpaired) electrons. The molecular formula is C17H17FN2O3S. The van der Waals surface area contributed by atoms with Crippen LogP contribution in [-0.4, -0.2) is 14.3 Å². The van der Waals surface area contributed by atoms with Gasteiger partial charge in [0.15, 0.2) is 0 Å². The second kappa shape index (κ2) is 7.85. The monoisotopic (exact) mass is 348 g/mol. The van der Waals surface area contributed by atoms with Crippen LogP contribution in [0.5, 0.6) is 0 Å². The molecule has 0 saturated heterocycles. The first kappa shape index (κ1) is 17.8. The lowest BCUT2D eigenvalue weighted by atomic mass is 10.2. The Morgan fingerprint density at radius 3 is 2.62 bits per heavy atom. The van der Waals surface area contributed by atoms with Gasteiger partial charge in [-0.2, -0.15) is 0 Å². The maximum absolute atomic E-state index is 13.0. The van der Waals surface area contributed by atoms with Crippen molar-refractivity contribution in [3.8, 4) is 0 Å². The molecule has 0 unspecified atom stereocenters. The van der Waals surface area contributed by atoms with Crippen LogP contribution in [0.2, 0.25) is 0 Å². The molecule has 0 aliphatic carbocycles. The van der Waals surface area contributed by atoms with E-state index in [0.29, 0.717) is 16.8 Å². The summed E-state index contributed by atoms with van der Waals surface area (Å²) in [6, 6.07) is 12.5. The third-order valence-corrected chi connectivity index (χ3v) is 3.78. The van der Waals surface area contributed by atoms with Crippen LogP contribution in [0.25, 0.3) is 6.08 Å². The Labute approximate surface area is 140 Å². The van der Waals surface area contributed by atoms with E-state index in [1.54, 1.807) is 48.6 Å². The molecule has 2 aromatic rings. The molecule has 3 N–H and O–H groups in total. The van der Waals surface area contributed by atoms with Crippen LogP contribution < -0.4 is 10.5 Å². The summed E-state index contributed by atoms with van der Waals surface area (Å²) in [6.45, 7) is 0. The number of carbonyl (C=O) groups is 1. The molecule has 0 spiro atoms. The van der Waals surface area contributed by atoms with Crippen molar-refractivity contribution >= 4 is 27.7 Å². The molecule has 1 amide bonds. The van der Waals surface area contributed by atoms with Gasteiger partial charge in [-0.05, 0) is 35.4 Å². The Morgan fingerprint density at radius 2 is 1.92 bits per heavy atom. The standard InChI is InChI=1S/C17H17FN2O3S/c18-15-7-1-4-13(10-15)5-3-9-17(21)20-16-8-2-6-14(11-16)12-24(19,22)23/h1-8,10-11H,9,12H2,(H,20,21)(H2,19,22,23)/b5-3+. The van der Waals surface area contributed by atoms with Gasteiger partial charge < -0.3 is 5.32 Å². The van der Waals surface area contributed by atoms with Gasteiger partial charge in [0.25, 0.3) is 0 Å². The zero-order valence-electron chi connectivity index (χ0n) is 12.8. The van der Waals surface area contributed by atoms with E-state index >= 15 is 0 Å². The maximum Gasteiger partial charge on any atom is 0.228 e. The number of carbonyl (C=O) groups excluding carboxylic acids is 1. The van der Waals surface area contributed by atoms with Crippen molar-refractivity contribution in [3.05, 3.63) is 71.6 Å². The number of sulfonamides is 1. The molecule has 2 rings (SSSR count). The highest BCUT2D eigenvalue weighted by Gasteiger charge is 2.06. The number of hydrogen-bond donors (Lipinski definition) is 2. The van der Waals surface area contributed by atoms with Gasteiger partial charge in [-0.1, -0.05) is 36.4 Å². The molecule has 0 atom stereocenters. The number of rotatable bonds is 6. The molecule has 0 aliphatic heterocycles. The van der Waals surface area contributed by atoms with Crippen molar-refractivity contribution in [2.45, 2.75) is 12.2 Å². The average Bonchev–Trinajstić information content (AvgIpc) is 2.45. The van der Waals surface area contributed by atoms with Gasteiger partial charge in [-0.15, -0.1) is 0 Å². The van der Waals surface area contributed by atoms with Crippen molar-refractivity contribution in [2.24, 2.45) is 5.14 Å². The summed E-state index contributed by atoms with van der Waals surface area (Å²) in [4.78, 5) is 11.9. The molecule has 7 heteroatoms. The Bertz CT molecular complexity index is 864. The minimum atomic E-state index is -3.63. The summed E-state index contributed by atoms with van der Waals surface area (Å²) < 4.78 is 35.2. The molecule has 0 aliphatic rings. The van der Waals surface area contributed by atoms with Crippen LogP contribution in [0.3, 0.4) is 0 Å². The van der Waals surface area contributed by atoms with E-state index in [9.17, 15) is 17.6 Å². The molecule has 24 heavy (non-hydrogen) atoms. The fraction of sp³-hybridized carbons (Fsp3) is 0.118. The SMILES string of the molecule is NS(=O)(=O)Cc1cccc(NC(=O)C/C=C/c2cccc(F)c2)c1. The summed E-state index contributed by atoms with van der Waals surface area (Å²) >= 11 is 0. The molecule has 2 aromatic carbocycles. The van der Waals surface area contributed by atoms with Gasteiger partial charge in [-0.3, -0.25) is 4.79 Å². The first-order valence-electron chi connectivity index (χ1n) is 7.13. The highest BCUT2D eigenvalue weighted by atomic mass is 32.2.